The number of piperazine rings is 1. The number of nitrogens with zero attached hydrogens (tertiary/aromatic N) is 5. The van der Waals surface area contributed by atoms with Gasteiger partial charge in [-0.2, -0.15) is 13.2 Å². The molecule has 0 radical (unpaired) electrons. The van der Waals surface area contributed by atoms with Crippen molar-refractivity contribution in [1.82, 2.24) is 24.5 Å². The number of aromatic amines is 1. The number of rotatable bonds is 14. The van der Waals surface area contributed by atoms with Gasteiger partial charge >= 0.3 is 6.18 Å². The van der Waals surface area contributed by atoms with Gasteiger partial charge in [0.05, 0.1) is 33.7 Å². The summed E-state index contributed by atoms with van der Waals surface area (Å²) in [5.41, 5.74) is 2.61. The van der Waals surface area contributed by atoms with Gasteiger partial charge < -0.3 is 29.6 Å². The summed E-state index contributed by atoms with van der Waals surface area (Å²) in [7, 11) is -4.67. The zero-order chi connectivity index (χ0) is 49.5. The number of anilines is 2. The smallest absolute Gasteiger partial charge is 0.416 e. The maximum absolute atomic E-state index is 14.0. The Kier molecular flexibility index (Phi) is 13.6. The first-order chi connectivity index (χ1) is 33.3. The normalized spacial score (nSPS) is 19.0. The van der Waals surface area contributed by atoms with E-state index in [2.05, 4.69) is 43.7 Å². The second-order valence-electron chi connectivity index (χ2n) is 19.2. The number of amides is 2. The number of sulfonamides is 1. The maximum Gasteiger partial charge on any atom is 0.416 e. The molecule has 4 aliphatic rings. The molecule has 2 aromatic heterocycles. The van der Waals surface area contributed by atoms with Gasteiger partial charge in [0.25, 0.3) is 21.6 Å². The van der Waals surface area contributed by atoms with E-state index in [9.17, 15) is 41.3 Å². The number of aromatic nitrogens is 2. The molecular weight excluding hydrogens is 953 g/mol. The van der Waals surface area contributed by atoms with Gasteiger partial charge in [0, 0.05) is 92.1 Å². The quantitative estimate of drug-likeness (QED) is 0.0707. The molecule has 3 aromatic carbocycles. The molecule has 0 spiro atoms. The van der Waals surface area contributed by atoms with Crippen LogP contribution in [0.4, 0.5) is 30.2 Å². The number of hydrogen-bond donors (Lipinski definition) is 3. The van der Waals surface area contributed by atoms with E-state index in [0.717, 1.165) is 60.4 Å². The van der Waals surface area contributed by atoms with E-state index < -0.39 is 43.2 Å². The van der Waals surface area contributed by atoms with Crippen molar-refractivity contribution in [3.63, 3.8) is 0 Å². The topological polar surface area (TPSA) is 192 Å². The summed E-state index contributed by atoms with van der Waals surface area (Å²) >= 11 is 6.54. The predicted octanol–water partition coefficient (Wildman–Crippen LogP) is 9.09. The Morgan fingerprint density at radius 2 is 1.83 bits per heavy atom. The number of pyridine rings is 1. The lowest BCUT2D eigenvalue weighted by Crippen LogP contribution is -2.47. The summed E-state index contributed by atoms with van der Waals surface area (Å²) in [5.74, 6) is -0.837. The summed E-state index contributed by atoms with van der Waals surface area (Å²) in [6.45, 7) is 8.51. The summed E-state index contributed by atoms with van der Waals surface area (Å²) in [6.07, 6.45) is 2.76. The fourth-order valence-electron chi connectivity index (χ4n) is 9.33. The highest BCUT2D eigenvalue weighted by Gasteiger charge is 2.37. The zero-order valence-corrected chi connectivity index (χ0v) is 40.1. The molecule has 2 aliphatic carbocycles. The molecule has 16 nitrogen and oxygen atoms in total. The molecule has 4 heterocycles. The predicted molar refractivity (Wildman–Crippen MR) is 257 cm³/mol. The van der Waals surface area contributed by atoms with Gasteiger partial charge in [-0.25, -0.2) is 18.1 Å². The van der Waals surface area contributed by atoms with E-state index in [4.69, 9.17) is 21.1 Å². The highest BCUT2D eigenvalue weighted by Crippen LogP contribution is 2.46. The van der Waals surface area contributed by atoms with Crippen LogP contribution in [0, 0.1) is 27.4 Å². The molecule has 3 N–H and O–H groups in total. The summed E-state index contributed by atoms with van der Waals surface area (Å²) in [4.78, 5) is 51.1. The van der Waals surface area contributed by atoms with E-state index in [0.29, 0.717) is 69.2 Å². The molecule has 2 saturated heterocycles. The number of hydrogen-bond acceptors (Lipinski definition) is 12. The molecule has 70 heavy (non-hydrogen) atoms. The Bertz CT molecular complexity index is 2990. The number of nitrogens with one attached hydrogen (secondary N) is 3. The fourth-order valence-corrected chi connectivity index (χ4v) is 10.6. The Labute approximate surface area is 407 Å². The first-order valence-electron chi connectivity index (χ1n) is 23.1. The van der Waals surface area contributed by atoms with E-state index in [1.165, 1.54) is 30.5 Å². The Morgan fingerprint density at radius 1 is 1.04 bits per heavy atom. The molecule has 9 rings (SSSR count). The largest absolute Gasteiger partial charge is 0.455 e. The minimum absolute atomic E-state index is 0.0193. The number of nitro groups is 1. The number of nitro benzene ring substituents is 1. The molecule has 370 valence electrons. The van der Waals surface area contributed by atoms with Gasteiger partial charge in [0.15, 0.2) is 0 Å². The lowest BCUT2D eigenvalue weighted by Gasteiger charge is -2.39. The molecule has 1 saturated carbocycles. The number of allylic oxidation sites excluding steroid dienone is 1. The van der Waals surface area contributed by atoms with E-state index in [1.54, 1.807) is 35.4 Å². The van der Waals surface area contributed by atoms with Gasteiger partial charge in [-0.15, -0.1) is 0 Å². The Morgan fingerprint density at radius 3 is 2.56 bits per heavy atom. The van der Waals surface area contributed by atoms with Crippen LogP contribution in [0.5, 0.6) is 11.5 Å². The summed E-state index contributed by atoms with van der Waals surface area (Å²) in [6, 6.07) is 15.2. The minimum Gasteiger partial charge on any atom is -0.455 e. The van der Waals surface area contributed by atoms with Crippen LogP contribution in [0.1, 0.15) is 67.4 Å². The monoisotopic (exact) mass is 1000 g/mol. The van der Waals surface area contributed by atoms with Crippen molar-refractivity contribution in [2.24, 2.45) is 17.3 Å². The third kappa shape index (κ3) is 11.0. The lowest BCUT2D eigenvalue weighted by molar-refractivity contribution is -0.384. The third-order valence-electron chi connectivity index (χ3n) is 13.4. The minimum atomic E-state index is -4.67. The van der Waals surface area contributed by atoms with Crippen molar-refractivity contribution >= 4 is 67.1 Å². The van der Waals surface area contributed by atoms with Crippen LogP contribution < -0.4 is 19.7 Å². The Hall–Kier alpha value is -6.22. The number of alkyl halides is 3. The molecule has 5 aromatic rings. The van der Waals surface area contributed by atoms with Gasteiger partial charge in [0.1, 0.15) is 29.6 Å². The van der Waals surface area contributed by atoms with Gasteiger partial charge in [-0.1, -0.05) is 37.1 Å². The van der Waals surface area contributed by atoms with E-state index in [-0.39, 0.29) is 64.2 Å². The number of halogens is 4. The van der Waals surface area contributed by atoms with Crippen LogP contribution in [0.15, 0.2) is 89.6 Å². The van der Waals surface area contributed by atoms with Crippen molar-refractivity contribution in [2.45, 2.75) is 57.0 Å². The SMILES string of the molecule is CC1(C)CCC(CN2CCN(c3ccc(C(=O)NS(=O)(=O)c4ccc(NCC5COCN(C(=O)C6CC6)C5)c([N+](=O)[O-])c4)c(Oc4cnc5[nH]ccc5c4)c3)CC2)=C(c2ccc(C(F)(F)F)cc2Cl)C1. The van der Waals surface area contributed by atoms with Crippen molar-refractivity contribution < 1.29 is 45.6 Å². The summed E-state index contributed by atoms with van der Waals surface area (Å²) in [5, 5.41) is 16.1. The molecular formula is C49H52ClF3N8O8S. The van der Waals surface area contributed by atoms with Crippen LogP contribution in [-0.2, 0) is 25.7 Å². The zero-order valence-electron chi connectivity index (χ0n) is 38.5. The van der Waals surface area contributed by atoms with Crippen molar-refractivity contribution in [3.05, 3.63) is 117 Å². The van der Waals surface area contributed by atoms with Gasteiger partial charge in [-0.05, 0) is 97.2 Å². The van der Waals surface area contributed by atoms with Crippen molar-refractivity contribution in [3.8, 4) is 11.5 Å². The second kappa shape index (κ2) is 19.5. The number of H-pyrrole nitrogens is 1. The average molecular weight is 1010 g/mol. The van der Waals surface area contributed by atoms with Crippen LogP contribution in [-0.4, -0.2) is 104 Å². The first kappa shape index (κ1) is 48.8. The first-order valence-corrected chi connectivity index (χ1v) is 24.9. The molecule has 3 fully saturated rings. The molecule has 2 aliphatic heterocycles. The maximum atomic E-state index is 14.0. The van der Waals surface area contributed by atoms with E-state index >= 15 is 0 Å². The van der Waals surface area contributed by atoms with Crippen LogP contribution in [0.2, 0.25) is 5.02 Å². The lowest BCUT2D eigenvalue weighted by atomic mass is 9.72. The third-order valence-corrected chi connectivity index (χ3v) is 15.0. The number of fused-ring (bicyclic) bond motifs is 1. The molecule has 1 unspecified atom stereocenters. The average Bonchev–Trinajstić information content (AvgIpc) is 4.07. The Balaban J connectivity index is 0.910. The number of benzene rings is 3. The van der Waals surface area contributed by atoms with Crippen molar-refractivity contribution in [1.29, 1.82) is 0 Å². The van der Waals surface area contributed by atoms with Gasteiger partial charge in [-0.3, -0.25) is 24.6 Å². The highest BCUT2D eigenvalue weighted by molar-refractivity contribution is 7.90. The number of carbonyl (C=O) groups excluding carboxylic acids is 2. The molecule has 2 amide bonds. The molecule has 21 heteroatoms. The standard InChI is InChI=1S/C49H52ClF3N8O8S/c1-48(2)13-11-33(40(23-48)38-8-5-34(20-41(38)50)49(51,52)53)27-58-15-17-59(18-16-58)35-6-9-39(44(21-35)69-36-19-32-12-14-54-45(32)56-25-36)46(62)57-70(66,67)37-7-10-42(43(22-37)61(64)65)55-24-30-26-60(29-68-28-30)47(63)31-3-4-31/h5-10,12,14,19-22,25,30-31,55H,3-4,11,13,15-18,23-24,26-29H2,1-2H3,(H,54,56)(H,57,62). The highest BCUT2D eigenvalue weighted by atomic mass is 35.5. The van der Waals surface area contributed by atoms with Gasteiger partial charge in [0.2, 0.25) is 5.91 Å². The second-order valence-corrected chi connectivity index (χ2v) is 21.3. The van der Waals surface area contributed by atoms with Crippen molar-refractivity contribution in [2.75, 3.05) is 69.4 Å². The van der Waals surface area contributed by atoms with Crippen LogP contribution in [0.3, 0.4) is 0 Å². The van der Waals surface area contributed by atoms with Crippen LogP contribution in [0.25, 0.3) is 16.6 Å². The molecule has 0 bridgehead atoms. The van der Waals surface area contributed by atoms with E-state index in [1.807, 2.05) is 0 Å². The number of carbonyl (C=O) groups is 2. The van der Waals surface area contributed by atoms with Crippen LogP contribution >= 0.6 is 11.6 Å². The fraction of sp³-hybridized carbons (Fsp3) is 0.408. The number of ether oxygens (including phenoxy) is 2. The molecule has 1 atom stereocenters. The summed E-state index contributed by atoms with van der Waals surface area (Å²) < 4.78 is 82.1.